The number of rotatable bonds is 6. The number of hydrogen-bond acceptors (Lipinski definition) is 7. The molecule has 1 heterocycles. The lowest BCUT2D eigenvalue weighted by molar-refractivity contribution is -0.129. The van der Waals surface area contributed by atoms with E-state index in [0.717, 1.165) is 5.56 Å². The number of hydrogen-bond donors (Lipinski definition) is 0. The first-order valence-corrected chi connectivity index (χ1v) is 10.1. The predicted octanol–water partition coefficient (Wildman–Crippen LogP) is 4.58. The molecule has 3 aromatic carbocycles. The minimum absolute atomic E-state index is 0.138. The number of cyclic esters (lactones) is 1. The molecule has 0 spiro atoms. The van der Waals surface area contributed by atoms with Gasteiger partial charge in [-0.1, -0.05) is 30.3 Å². The molecule has 0 saturated heterocycles. The normalized spacial score (nSPS) is 14.0. The van der Waals surface area contributed by atoms with Crippen LogP contribution in [0.15, 0.2) is 77.4 Å². The third-order valence-corrected chi connectivity index (χ3v) is 5.00. The number of carbonyl (C=O) groups is 2. The molecule has 1 aliphatic rings. The summed E-state index contributed by atoms with van der Waals surface area (Å²) in [6, 6.07) is 19.2. The van der Waals surface area contributed by atoms with Crippen LogP contribution in [-0.2, 0) is 9.53 Å². The summed E-state index contributed by atoms with van der Waals surface area (Å²) in [4.78, 5) is 29.2. The van der Waals surface area contributed by atoms with Crippen molar-refractivity contribution >= 4 is 23.9 Å². The summed E-state index contributed by atoms with van der Waals surface area (Å²) < 4.78 is 21.4. The quantitative estimate of drug-likeness (QED) is 0.315. The number of ether oxygens (including phenoxy) is 4. The fraction of sp³-hybridized carbons (Fsp3) is 0.115. The van der Waals surface area contributed by atoms with Crippen LogP contribution in [0.25, 0.3) is 6.08 Å². The summed E-state index contributed by atoms with van der Waals surface area (Å²) in [5.74, 6) is 0.383. The Bertz CT molecular complexity index is 1290. The van der Waals surface area contributed by atoms with Gasteiger partial charge in [0.05, 0.1) is 19.8 Å². The average molecular weight is 443 g/mol. The Morgan fingerprint density at radius 3 is 2.52 bits per heavy atom. The van der Waals surface area contributed by atoms with Gasteiger partial charge in [0.2, 0.25) is 5.90 Å². The number of carbonyl (C=O) groups excluding carboxylic acids is 2. The highest BCUT2D eigenvalue weighted by atomic mass is 16.6. The zero-order chi connectivity index (χ0) is 23.4. The zero-order valence-electron chi connectivity index (χ0n) is 18.3. The second kappa shape index (κ2) is 9.40. The Morgan fingerprint density at radius 1 is 0.939 bits per heavy atom. The van der Waals surface area contributed by atoms with Crippen molar-refractivity contribution in [3.63, 3.8) is 0 Å². The van der Waals surface area contributed by atoms with Crippen LogP contribution < -0.4 is 14.2 Å². The maximum absolute atomic E-state index is 12.5. The molecule has 0 N–H and O–H groups in total. The molecule has 4 rings (SSSR count). The maximum Gasteiger partial charge on any atom is 0.363 e. The van der Waals surface area contributed by atoms with Crippen LogP contribution in [0.4, 0.5) is 0 Å². The lowest BCUT2D eigenvalue weighted by atomic mass is 10.1. The second-order valence-corrected chi connectivity index (χ2v) is 7.18. The molecule has 0 radical (unpaired) electrons. The van der Waals surface area contributed by atoms with Crippen LogP contribution in [0.5, 0.6) is 17.2 Å². The lowest BCUT2D eigenvalue weighted by Crippen LogP contribution is -2.10. The highest BCUT2D eigenvalue weighted by Crippen LogP contribution is 2.31. The largest absolute Gasteiger partial charge is 0.497 e. The number of aryl methyl sites for hydroxylation is 1. The van der Waals surface area contributed by atoms with Crippen molar-refractivity contribution in [3.8, 4) is 17.2 Å². The molecule has 0 unspecified atom stereocenters. The van der Waals surface area contributed by atoms with Gasteiger partial charge in [-0.3, -0.25) is 0 Å². The van der Waals surface area contributed by atoms with E-state index in [4.69, 9.17) is 18.9 Å². The van der Waals surface area contributed by atoms with Crippen molar-refractivity contribution in [1.29, 1.82) is 0 Å². The number of methoxy groups -OCH3 is 2. The van der Waals surface area contributed by atoms with Crippen molar-refractivity contribution in [1.82, 2.24) is 0 Å². The number of nitrogens with zero attached hydrogens (tertiary/aromatic N) is 1. The van der Waals surface area contributed by atoms with Gasteiger partial charge in [-0.25, -0.2) is 14.6 Å². The van der Waals surface area contributed by atoms with Crippen LogP contribution in [0.2, 0.25) is 0 Å². The fourth-order valence-corrected chi connectivity index (χ4v) is 3.26. The zero-order valence-corrected chi connectivity index (χ0v) is 18.3. The molecule has 166 valence electrons. The van der Waals surface area contributed by atoms with Gasteiger partial charge in [0.15, 0.2) is 17.2 Å². The minimum atomic E-state index is -0.568. The molecule has 0 fully saturated rings. The van der Waals surface area contributed by atoms with Crippen LogP contribution in [-0.4, -0.2) is 32.1 Å². The maximum atomic E-state index is 12.5. The molecule has 0 saturated carbocycles. The van der Waals surface area contributed by atoms with Crippen LogP contribution in [0, 0.1) is 6.92 Å². The summed E-state index contributed by atoms with van der Waals surface area (Å²) >= 11 is 0. The Hall–Kier alpha value is -4.39. The molecule has 33 heavy (non-hydrogen) atoms. The van der Waals surface area contributed by atoms with Gasteiger partial charge < -0.3 is 18.9 Å². The van der Waals surface area contributed by atoms with Gasteiger partial charge >= 0.3 is 11.9 Å². The summed E-state index contributed by atoms with van der Waals surface area (Å²) in [6.45, 7) is 1.84. The summed E-state index contributed by atoms with van der Waals surface area (Å²) in [5.41, 5.74) is 2.68. The smallest absolute Gasteiger partial charge is 0.363 e. The molecule has 0 aromatic heterocycles. The van der Waals surface area contributed by atoms with Gasteiger partial charge in [-0.05, 0) is 60.5 Å². The van der Waals surface area contributed by atoms with Gasteiger partial charge in [0.1, 0.15) is 5.75 Å². The minimum Gasteiger partial charge on any atom is -0.497 e. The van der Waals surface area contributed by atoms with E-state index < -0.39 is 11.9 Å². The highest BCUT2D eigenvalue weighted by molar-refractivity contribution is 6.13. The van der Waals surface area contributed by atoms with Crippen molar-refractivity contribution in [2.24, 2.45) is 4.99 Å². The lowest BCUT2D eigenvalue weighted by Gasteiger charge is -2.11. The van der Waals surface area contributed by atoms with E-state index in [1.165, 1.54) is 7.11 Å². The first-order valence-electron chi connectivity index (χ1n) is 10.1. The van der Waals surface area contributed by atoms with E-state index in [1.54, 1.807) is 67.8 Å². The van der Waals surface area contributed by atoms with E-state index in [1.807, 2.05) is 19.1 Å². The summed E-state index contributed by atoms with van der Waals surface area (Å²) in [7, 11) is 3.03. The number of benzene rings is 3. The van der Waals surface area contributed by atoms with E-state index >= 15 is 0 Å². The third kappa shape index (κ3) is 4.77. The van der Waals surface area contributed by atoms with E-state index in [2.05, 4.69) is 4.99 Å². The Labute approximate surface area is 190 Å². The standard InChI is InChI=1S/C26H21NO6/c1-16-7-4-5-10-20(16)25(28)32-22-12-11-17(14-23(22)31-3)13-21-26(29)33-24(27-21)18-8-6-9-19(15-18)30-2/h4-15H,1-3H3/b21-13+. The summed E-state index contributed by atoms with van der Waals surface area (Å²) in [6.07, 6.45) is 1.57. The first kappa shape index (κ1) is 21.8. The molecule has 7 nitrogen and oxygen atoms in total. The predicted molar refractivity (Wildman–Crippen MR) is 123 cm³/mol. The molecule has 0 amide bonds. The summed E-state index contributed by atoms with van der Waals surface area (Å²) in [5, 5.41) is 0. The third-order valence-electron chi connectivity index (χ3n) is 5.00. The van der Waals surface area contributed by atoms with Gasteiger partial charge in [0.25, 0.3) is 0 Å². The molecule has 3 aromatic rings. The average Bonchev–Trinajstić information content (AvgIpc) is 3.20. The van der Waals surface area contributed by atoms with E-state index in [0.29, 0.717) is 28.2 Å². The van der Waals surface area contributed by atoms with Crippen molar-refractivity contribution in [2.45, 2.75) is 6.92 Å². The monoisotopic (exact) mass is 443 g/mol. The Kier molecular flexibility index (Phi) is 6.22. The number of aliphatic imine (C=N–C) groups is 1. The van der Waals surface area contributed by atoms with E-state index in [-0.39, 0.29) is 17.3 Å². The van der Waals surface area contributed by atoms with E-state index in [9.17, 15) is 9.59 Å². The van der Waals surface area contributed by atoms with Gasteiger partial charge in [0, 0.05) is 5.56 Å². The van der Waals surface area contributed by atoms with Crippen LogP contribution >= 0.6 is 0 Å². The van der Waals surface area contributed by atoms with Crippen LogP contribution in [0.3, 0.4) is 0 Å². The molecule has 0 bridgehead atoms. The van der Waals surface area contributed by atoms with Gasteiger partial charge in [-0.2, -0.15) is 0 Å². The van der Waals surface area contributed by atoms with Crippen LogP contribution in [0.1, 0.15) is 27.0 Å². The molecule has 0 aliphatic carbocycles. The second-order valence-electron chi connectivity index (χ2n) is 7.18. The molecular weight excluding hydrogens is 422 g/mol. The number of esters is 2. The van der Waals surface area contributed by atoms with Crippen molar-refractivity contribution in [3.05, 3.63) is 94.7 Å². The first-order chi connectivity index (χ1) is 16.0. The SMILES string of the molecule is COc1cccc(C2=N/C(=C/c3ccc(OC(=O)c4ccccc4C)c(OC)c3)C(=O)O2)c1. The van der Waals surface area contributed by atoms with Gasteiger partial charge in [-0.15, -0.1) is 0 Å². The highest BCUT2D eigenvalue weighted by Gasteiger charge is 2.24. The molecule has 0 atom stereocenters. The topological polar surface area (TPSA) is 83.4 Å². The molecule has 7 heteroatoms. The van der Waals surface area contributed by atoms with Crippen molar-refractivity contribution in [2.75, 3.05) is 14.2 Å². The Morgan fingerprint density at radius 2 is 1.76 bits per heavy atom. The van der Waals surface area contributed by atoms with Crippen molar-refractivity contribution < 1.29 is 28.5 Å². The molecule has 1 aliphatic heterocycles. The molecular formula is C26H21NO6. The fourth-order valence-electron chi connectivity index (χ4n) is 3.26. The Balaban J connectivity index is 1.58.